The Morgan fingerprint density at radius 3 is 1.32 bits per heavy atom. The first-order chi connectivity index (χ1) is 63.2. The molecule has 0 radical (unpaired) electrons. The predicted molar refractivity (Wildman–Crippen MR) is 598 cm³/mol. The summed E-state index contributed by atoms with van der Waals surface area (Å²) in [6.07, 6.45) is 43.2. The molecule has 12 rings (SSSR count). The van der Waals surface area contributed by atoms with Gasteiger partial charge < -0.3 is 43.1 Å². The first-order valence-electron chi connectivity index (χ1n) is 53.4. The summed E-state index contributed by atoms with van der Waals surface area (Å²) in [7, 11) is -3.02. The normalized spacial score (nSPS) is 17.0. The molecule has 5 saturated heterocycles. The van der Waals surface area contributed by atoms with Crippen LogP contribution >= 0.6 is 34.0 Å². The molecule has 0 amide bonds. The number of pyridine rings is 2. The van der Waals surface area contributed by atoms with E-state index < -0.39 is 10.0 Å². The second-order valence-corrected chi connectivity index (χ2v) is 50.8. The summed E-state index contributed by atoms with van der Waals surface area (Å²) in [5, 5.41) is 8.95. The summed E-state index contributed by atoms with van der Waals surface area (Å²) in [6, 6.07) is 18.1. The van der Waals surface area contributed by atoms with Gasteiger partial charge in [0.15, 0.2) is 5.13 Å². The quantitative estimate of drug-likeness (QED) is 0.0507. The highest BCUT2D eigenvalue weighted by Gasteiger charge is 2.30. The lowest BCUT2D eigenvalue weighted by Gasteiger charge is -2.38. The SMILES string of the molecule is C.CC(C)(C)CCc1ccccn1.CC(C)(C)N1CCCCC1.CC(C)(C)OC1CCCCC1.CC(C)(C)OC1CCN(S(C)(=O)=O)CC1.CC(C)(C)Oc1ccccn1.CC(C)c1csc(-n2cccc2)n1.CC(C)c1cscn1.CCCN1CCC(CCC(C)(C)C)CC1.CCCN1CCC(CCC(C)C)CC1.CCCN1CCC(OC(C)C)CC1.CCN(CC)c1cc(C(C)C)cs1. The minimum atomic E-state index is -3.02. The molecular weight excluding hydrogens is 1760 g/mol. The number of ether oxygens (including phenoxy) is 4. The Morgan fingerprint density at radius 1 is 0.478 bits per heavy atom. The van der Waals surface area contributed by atoms with Gasteiger partial charge >= 0.3 is 0 Å². The van der Waals surface area contributed by atoms with Crippen LogP contribution in [0.5, 0.6) is 5.88 Å². The number of aryl methyl sites for hydroxylation is 1. The molecular formula is C115H213N11O6S4. The molecule has 6 aromatic heterocycles. The highest BCUT2D eigenvalue weighted by molar-refractivity contribution is 7.88. The van der Waals surface area contributed by atoms with Gasteiger partial charge in [-0.3, -0.25) is 9.88 Å². The van der Waals surface area contributed by atoms with E-state index in [0.717, 1.165) is 55.2 Å². The lowest BCUT2D eigenvalue weighted by molar-refractivity contribution is -0.0761. The van der Waals surface area contributed by atoms with Crippen LogP contribution in [0.3, 0.4) is 0 Å². The van der Waals surface area contributed by atoms with Crippen LogP contribution in [0.1, 0.15) is 430 Å². The van der Waals surface area contributed by atoms with Crippen molar-refractivity contribution in [3.05, 3.63) is 124 Å². The Balaban J connectivity index is 0.000000750. The van der Waals surface area contributed by atoms with Gasteiger partial charge in [-0.15, -0.1) is 34.0 Å². The molecule has 5 aliphatic heterocycles. The molecule has 1 aliphatic carbocycles. The lowest BCUT2D eigenvalue weighted by atomic mass is 9.83. The van der Waals surface area contributed by atoms with Gasteiger partial charge in [-0.05, 0) is 385 Å². The topological polar surface area (TPSA) is 147 Å². The number of thiazole rings is 2. The number of piperidine rings is 5. The average Bonchev–Trinajstić information content (AvgIpc) is 0.992. The first kappa shape index (κ1) is 130. The number of rotatable bonds is 26. The standard InChI is InChI=1S/C14H29N.C13H27N.C11H23NO.C11H19NS.C11H17N.C10H12N2S.C10H21NO3S.C10H20O.C9H13NO.C9H19N.C6H9NS.CH4/c1-5-10-15-11-7-13(8-12-15)6-9-14(2,3)4;1-4-9-14-10-7-13(8-11-14)6-5-12(2)3;1-4-7-12-8-5-11(6-9-12)13-10(2)3;1-5-12(6-2)11-7-10(8-13-11)9(3)4;1-11(2,3)8-7-10-6-4-5-9-12-10;1-8(2)9-7-13-10(11-9)12-5-3-4-6-12;1-10(2,3)14-9-5-7-11(8-6-9)15(4,12)13;1-10(2,3)11-9-7-5-4-6-8-9;1-9(2,3)11-8-6-4-5-7-10-8;1-9(2,3)10-7-5-4-6-8-10;1-5(2)6-3-8-4-7-6;/h13H,5-12H2,1-4H3;12-13H,4-11H2,1-3H3;10-11H,4-9H2,1-3H3;7-9H,5-6H2,1-4H3;4-6,9H,7-8H2,1-3H3;3-8H,1-2H3;9H,5-8H2,1-4H3;9H,4-8H2,1-3H3;4-7H,1-3H3;4-8H2,1-3H3;3-5H,1-2H3;1H4. The molecule has 6 aliphatic rings. The maximum Gasteiger partial charge on any atom is 0.213 e. The van der Waals surface area contributed by atoms with Crippen molar-refractivity contribution in [1.82, 2.24) is 48.4 Å². The van der Waals surface area contributed by atoms with Gasteiger partial charge in [-0.2, -0.15) is 0 Å². The second-order valence-electron chi connectivity index (χ2n) is 46.3. The maximum absolute atomic E-state index is 11.3. The number of sulfonamides is 1. The van der Waals surface area contributed by atoms with Crippen molar-refractivity contribution in [2.75, 3.05) is 109 Å². The fourth-order valence-electron chi connectivity index (χ4n) is 16.6. The Kier molecular flexibility index (Phi) is 66.5. The molecule has 6 fully saturated rings. The fraction of sp³-hybridized carbons (Fsp3) is 0.791. The highest BCUT2D eigenvalue weighted by atomic mass is 32.2. The van der Waals surface area contributed by atoms with Crippen LogP contribution in [0.4, 0.5) is 5.00 Å². The van der Waals surface area contributed by atoms with E-state index in [-0.39, 0.29) is 30.3 Å². The molecule has 0 N–H and O–H groups in total. The summed E-state index contributed by atoms with van der Waals surface area (Å²) in [6.45, 7) is 90.3. The van der Waals surface area contributed by atoms with Gasteiger partial charge in [-0.25, -0.2) is 27.7 Å². The summed E-state index contributed by atoms with van der Waals surface area (Å²) < 4.78 is 49.1. The van der Waals surface area contributed by atoms with E-state index in [4.69, 9.17) is 18.9 Å². The van der Waals surface area contributed by atoms with E-state index >= 15 is 0 Å². The van der Waals surface area contributed by atoms with Crippen LogP contribution in [0.25, 0.3) is 5.13 Å². The first-order valence-corrected chi connectivity index (χ1v) is 58.0. The Hall–Kier alpha value is -4.23. The van der Waals surface area contributed by atoms with E-state index in [1.54, 1.807) is 28.9 Å². The van der Waals surface area contributed by atoms with Gasteiger partial charge in [0.25, 0.3) is 0 Å². The zero-order valence-corrected chi connectivity index (χ0v) is 96.6. The molecule has 6 aromatic rings. The van der Waals surface area contributed by atoms with E-state index in [9.17, 15) is 8.42 Å². The third-order valence-electron chi connectivity index (χ3n) is 24.5. The number of anilines is 1. The smallest absolute Gasteiger partial charge is 0.213 e. The number of aromatic nitrogens is 5. The van der Waals surface area contributed by atoms with Crippen LogP contribution in [0.15, 0.2) is 101 Å². The minimum Gasteiger partial charge on any atom is -0.472 e. The summed E-state index contributed by atoms with van der Waals surface area (Å²) >= 11 is 5.21. The molecule has 0 aromatic carbocycles. The van der Waals surface area contributed by atoms with Crippen molar-refractivity contribution in [2.45, 2.75) is 461 Å². The third kappa shape index (κ3) is 65.8. The van der Waals surface area contributed by atoms with Crippen LogP contribution in [-0.2, 0) is 30.7 Å². The summed E-state index contributed by atoms with van der Waals surface area (Å²) in [5.41, 5.74) is 8.02. The van der Waals surface area contributed by atoms with E-state index in [1.165, 1.54) is 251 Å². The molecule has 0 unspecified atom stereocenters. The van der Waals surface area contributed by atoms with Crippen LogP contribution < -0.4 is 9.64 Å². The number of hydrogen-bond acceptors (Lipinski definition) is 18. The van der Waals surface area contributed by atoms with Crippen LogP contribution in [-0.4, -0.2) is 208 Å². The highest BCUT2D eigenvalue weighted by Crippen LogP contribution is 2.33. The zero-order valence-electron chi connectivity index (χ0n) is 93.4. The van der Waals surface area contributed by atoms with Crippen molar-refractivity contribution in [2.24, 2.45) is 28.6 Å². The second kappa shape index (κ2) is 69.7. The number of nitrogens with zero attached hydrogens (tertiary/aromatic N) is 11. The Bertz CT molecular complexity index is 3840. The molecule has 21 heteroatoms. The number of thiophene rings is 1. The zero-order chi connectivity index (χ0) is 101. The Morgan fingerprint density at radius 2 is 0.949 bits per heavy atom. The fourth-order valence-corrected chi connectivity index (χ4v) is 20.3. The molecule has 0 bridgehead atoms. The van der Waals surface area contributed by atoms with Gasteiger partial charge in [0.1, 0.15) is 5.60 Å². The molecule has 17 nitrogen and oxygen atoms in total. The van der Waals surface area contributed by atoms with Gasteiger partial charge in [0, 0.05) is 92.1 Å². The molecule has 1 saturated carbocycles. The van der Waals surface area contributed by atoms with Crippen molar-refractivity contribution in [3.63, 3.8) is 0 Å². The molecule has 136 heavy (non-hydrogen) atoms. The third-order valence-corrected chi connectivity index (χ3v) is 28.3. The van der Waals surface area contributed by atoms with E-state index in [2.05, 4.69) is 260 Å². The van der Waals surface area contributed by atoms with Crippen molar-refractivity contribution >= 4 is 49.0 Å². The predicted octanol–water partition coefficient (Wildman–Crippen LogP) is 31.4. The van der Waals surface area contributed by atoms with Crippen LogP contribution in [0.2, 0.25) is 0 Å². The van der Waals surface area contributed by atoms with E-state index in [0.29, 0.717) is 71.4 Å². The van der Waals surface area contributed by atoms with Crippen LogP contribution in [0, 0.1) is 28.6 Å². The van der Waals surface area contributed by atoms with Gasteiger partial charge in [0.2, 0.25) is 15.9 Å². The average molecular weight is 1970 g/mol. The number of hydrogen-bond donors (Lipinski definition) is 0. The monoisotopic (exact) mass is 1970 g/mol. The van der Waals surface area contributed by atoms with Gasteiger partial charge in [0.05, 0.1) is 63.8 Å². The lowest BCUT2D eigenvalue weighted by Crippen LogP contribution is -2.44. The Labute approximate surface area is 852 Å². The minimum absolute atomic E-state index is 0. The number of likely N-dealkylation sites (tertiary alicyclic amines) is 4. The van der Waals surface area contributed by atoms with Crippen molar-refractivity contribution < 1.29 is 27.4 Å². The van der Waals surface area contributed by atoms with Gasteiger partial charge in [-0.1, -0.05) is 176 Å². The van der Waals surface area contributed by atoms with E-state index in [1.807, 2.05) is 124 Å². The summed E-state index contributed by atoms with van der Waals surface area (Å²) in [4.78, 5) is 29.8. The molecule has 11 heterocycles. The molecule has 0 atom stereocenters. The van der Waals surface area contributed by atoms with Crippen molar-refractivity contribution in [3.8, 4) is 11.0 Å². The largest absolute Gasteiger partial charge is 0.472 e. The molecule has 0 spiro atoms. The van der Waals surface area contributed by atoms with Crippen molar-refractivity contribution in [1.29, 1.82) is 0 Å². The molecule has 788 valence electrons. The summed E-state index contributed by atoms with van der Waals surface area (Å²) in [5.74, 6) is 5.37. The maximum atomic E-state index is 11.3.